The van der Waals surface area contributed by atoms with Crippen molar-refractivity contribution in [3.63, 3.8) is 0 Å². The van der Waals surface area contributed by atoms with E-state index in [1.165, 1.54) is 43.2 Å². The number of aryl methyl sites for hydroxylation is 1. The van der Waals surface area contributed by atoms with Gasteiger partial charge < -0.3 is 0 Å². The van der Waals surface area contributed by atoms with E-state index in [2.05, 4.69) is 43.3 Å². The van der Waals surface area contributed by atoms with Gasteiger partial charge >= 0.3 is 6.18 Å². The van der Waals surface area contributed by atoms with Crippen LogP contribution >= 0.6 is 0 Å². The van der Waals surface area contributed by atoms with Crippen molar-refractivity contribution in [1.82, 2.24) is 0 Å². The van der Waals surface area contributed by atoms with Gasteiger partial charge in [-0.1, -0.05) is 49.8 Å². The first-order valence-electron chi connectivity index (χ1n) is 11.6. The maximum absolute atomic E-state index is 13.7. The summed E-state index contributed by atoms with van der Waals surface area (Å²) in [6.45, 7) is 2.21. The summed E-state index contributed by atoms with van der Waals surface area (Å²) in [5.74, 6) is 0.0783. The van der Waals surface area contributed by atoms with E-state index in [1.807, 2.05) is 0 Å². The SMILES string of the molecule is CCCc1ccc(C2CCC(C=CC3CCC(C(F)=CC(F)(F)F)CC3)CC2)cc1. The number of alkyl halides is 3. The predicted octanol–water partition coefficient (Wildman–Crippen LogP) is 8.69. The van der Waals surface area contributed by atoms with Crippen LogP contribution in [0.15, 0.2) is 48.3 Å². The van der Waals surface area contributed by atoms with Crippen LogP contribution in [-0.2, 0) is 6.42 Å². The van der Waals surface area contributed by atoms with E-state index in [9.17, 15) is 17.6 Å². The molecule has 0 bridgehead atoms. The Bertz CT molecular complexity index is 698. The molecular formula is C26H34F4. The van der Waals surface area contributed by atoms with Crippen molar-refractivity contribution in [2.75, 3.05) is 0 Å². The fraction of sp³-hybridized carbons (Fsp3) is 0.615. The lowest BCUT2D eigenvalue weighted by Gasteiger charge is -2.29. The quantitative estimate of drug-likeness (QED) is 0.318. The standard InChI is InChI=1S/C26H34F4/c1-2-3-19-6-12-22(13-7-19)23-14-8-20(9-15-23)4-5-21-10-16-24(17-11-21)25(27)18-26(28,29)30/h4-7,12-13,18,20-21,23-24H,2-3,8-11,14-17H2,1H3. The molecule has 0 unspecified atom stereocenters. The van der Waals surface area contributed by atoms with Gasteiger partial charge in [-0.2, -0.15) is 13.2 Å². The highest BCUT2D eigenvalue weighted by Crippen LogP contribution is 2.39. The van der Waals surface area contributed by atoms with Crippen molar-refractivity contribution in [1.29, 1.82) is 0 Å². The van der Waals surface area contributed by atoms with Gasteiger partial charge in [0.25, 0.3) is 0 Å². The minimum atomic E-state index is -4.56. The maximum Gasteiger partial charge on any atom is 0.412 e. The molecular weight excluding hydrogens is 388 g/mol. The second-order valence-electron chi connectivity index (χ2n) is 9.17. The number of rotatable bonds is 6. The van der Waals surface area contributed by atoms with Crippen LogP contribution in [0.5, 0.6) is 0 Å². The van der Waals surface area contributed by atoms with E-state index < -0.39 is 17.9 Å². The summed E-state index contributed by atoms with van der Waals surface area (Å²) in [6.07, 6.45) is 9.56. The smallest absolute Gasteiger partial charge is 0.212 e. The highest BCUT2D eigenvalue weighted by molar-refractivity contribution is 5.26. The molecule has 2 aliphatic carbocycles. The molecule has 0 nitrogen and oxygen atoms in total. The zero-order chi connectivity index (χ0) is 21.6. The average molecular weight is 423 g/mol. The molecule has 1 aromatic rings. The summed E-state index contributed by atoms with van der Waals surface area (Å²) in [6, 6.07) is 9.15. The number of hydrogen-bond acceptors (Lipinski definition) is 0. The molecule has 2 aliphatic rings. The summed E-state index contributed by atoms with van der Waals surface area (Å²) < 4.78 is 50.7. The van der Waals surface area contributed by atoms with Crippen molar-refractivity contribution in [3.05, 3.63) is 59.4 Å². The molecule has 0 atom stereocenters. The Morgan fingerprint density at radius 3 is 1.90 bits per heavy atom. The number of allylic oxidation sites excluding steroid dienone is 4. The van der Waals surface area contributed by atoms with E-state index in [0.717, 1.165) is 19.3 Å². The van der Waals surface area contributed by atoms with Crippen LogP contribution in [0, 0.1) is 17.8 Å². The molecule has 2 saturated carbocycles. The van der Waals surface area contributed by atoms with Gasteiger partial charge in [0.15, 0.2) is 0 Å². The molecule has 1 aromatic carbocycles. The third-order valence-electron chi connectivity index (χ3n) is 6.88. The Hall–Kier alpha value is -1.58. The summed E-state index contributed by atoms with van der Waals surface area (Å²) in [4.78, 5) is 0. The Kier molecular flexibility index (Phi) is 8.19. The van der Waals surface area contributed by atoms with E-state index in [-0.39, 0.29) is 6.08 Å². The Balaban J connectivity index is 1.42. The second-order valence-corrected chi connectivity index (χ2v) is 9.17. The van der Waals surface area contributed by atoms with Crippen molar-refractivity contribution in [2.45, 2.75) is 83.2 Å². The topological polar surface area (TPSA) is 0 Å². The van der Waals surface area contributed by atoms with Gasteiger partial charge in [0, 0.05) is 5.92 Å². The molecule has 166 valence electrons. The zero-order valence-corrected chi connectivity index (χ0v) is 17.9. The summed E-state index contributed by atoms with van der Waals surface area (Å²) in [7, 11) is 0. The van der Waals surface area contributed by atoms with E-state index in [0.29, 0.717) is 30.6 Å². The Morgan fingerprint density at radius 1 is 0.867 bits per heavy atom. The molecule has 3 rings (SSSR count). The van der Waals surface area contributed by atoms with Crippen LogP contribution in [0.2, 0.25) is 0 Å². The summed E-state index contributed by atoms with van der Waals surface area (Å²) in [5, 5.41) is 0. The minimum absolute atomic E-state index is 0.163. The van der Waals surface area contributed by atoms with Crippen molar-refractivity contribution >= 4 is 0 Å². The first-order chi connectivity index (χ1) is 14.3. The molecule has 0 radical (unpaired) electrons. The lowest BCUT2D eigenvalue weighted by atomic mass is 9.77. The van der Waals surface area contributed by atoms with Gasteiger partial charge in [0.05, 0.1) is 6.08 Å². The lowest BCUT2D eigenvalue weighted by molar-refractivity contribution is -0.0820. The van der Waals surface area contributed by atoms with Gasteiger partial charge in [0.1, 0.15) is 5.83 Å². The predicted molar refractivity (Wildman–Crippen MR) is 115 cm³/mol. The van der Waals surface area contributed by atoms with Crippen LogP contribution in [0.25, 0.3) is 0 Å². The zero-order valence-electron chi connectivity index (χ0n) is 17.9. The van der Waals surface area contributed by atoms with E-state index in [4.69, 9.17) is 0 Å². The van der Waals surface area contributed by atoms with Crippen LogP contribution in [0.1, 0.15) is 81.8 Å². The Labute approximate surface area is 178 Å². The average Bonchev–Trinajstić information content (AvgIpc) is 2.73. The minimum Gasteiger partial charge on any atom is -0.212 e. The van der Waals surface area contributed by atoms with Crippen LogP contribution in [-0.4, -0.2) is 6.18 Å². The fourth-order valence-electron chi connectivity index (χ4n) is 5.07. The van der Waals surface area contributed by atoms with E-state index in [1.54, 1.807) is 0 Å². The van der Waals surface area contributed by atoms with Crippen LogP contribution in [0.3, 0.4) is 0 Å². The molecule has 4 heteroatoms. The Morgan fingerprint density at radius 2 is 1.40 bits per heavy atom. The second kappa shape index (κ2) is 10.6. The molecule has 0 aromatic heterocycles. The largest absolute Gasteiger partial charge is 0.412 e. The van der Waals surface area contributed by atoms with E-state index >= 15 is 0 Å². The van der Waals surface area contributed by atoms with Crippen molar-refractivity contribution < 1.29 is 17.6 Å². The van der Waals surface area contributed by atoms with Gasteiger partial charge in [-0.3, -0.25) is 0 Å². The molecule has 0 amide bonds. The van der Waals surface area contributed by atoms with Gasteiger partial charge in [-0.15, -0.1) is 0 Å². The fourth-order valence-corrected chi connectivity index (χ4v) is 5.07. The monoisotopic (exact) mass is 422 g/mol. The van der Waals surface area contributed by atoms with Gasteiger partial charge in [-0.25, -0.2) is 4.39 Å². The summed E-state index contributed by atoms with van der Waals surface area (Å²) >= 11 is 0. The van der Waals surface area contributed by atoms with Crippen LogP contribution < -0.4 is 0 Å². The third kappa shape index (κ3) is 6.99. The number of hydrogen-bond donors (Lipinski definition) is 0. The van der Waals surface area contributed by atoms with Gasteiger partial charge in [0.2, 0.25) is 0 Å². The summed E-state index contributed by atoms with van der Waals surface area (Å²) in [5.41, 5.74) is 2.88. The van der Waals surface area contributed by atoms with Crippen LogP contribution in [0.4, 0.5) is 17.6 Å². The highest BCUT2D eigenvalue weighted by Gasteiger charge is 2.30. The molecule has 0 N–H and O–H groups in total. The first kappa shape index (κ1) is 23.1. The third-order valence-corrected chi connectivity index (χ3v) is 6.88. The maximum atomic E-state index is 13.7. The number of halogens is 4. The van der Waals surface area contributed by atoms with Crippen molar-refractivity contribution in [3.8, 4) is 0 Å². The van der Waals surface area contributed by atoms with Crippen molar-refractivity contribution in [2.24, 2.45) is 17.8 Å². The molecule has 0 aliphatic heterocycles. The number of benzene rings is 1. The lowest BCUT2D eigenvalue weighted by Crippen LogP contribution is -2.16. The molecule has 0 heterocycles. The van der Waals surface area contributed by atoms with Gasteiger partial charge in [-0.05, 0) is 86.7 Å². The highest BCUT2D eigenvalue weighted by atomic mass is 19.4. The normalized spacial score (nSPS) is 28.8. The molecule has 0 spiro atoms. The molecule has 2 fully saturated rings. The molecule has 0 saturated heterocycles. The first-order valence-corrected chi connectivity index (χ1v) is 11.6. The molecule has 30 heavy (non-hydrogen) atoms.